The molecule has 0 radical (unpaired) electrons. The normalized spacial score (nSPS) is 10.6. The first-order chi connectivity index (χ1) is 11.5. The van der Waals surface area contributed by atoms with Crippen LogP contribution in [0.15, 0.2) is 40.8 Å². The first-order valence-corrected chi connectivity index (χ1v) is 7.12. The number of carbonyl (C=O) groups is 1. The average molecular weight is 326 g/mol. The molecule has 0 fully saturated rings. The predicted molar refractivity (Wildman–Crippen MR) is 89.3 cm³/mol. The van der Waals surface area contributed by atoms with E-state index in [1.165, 1.54) is 18.2 Å². The largest absolute Gasteiger partial charge is 0.441 e. The monoisotopic (exact) mass is 326 g/mol. The number of oxazole rings is 1. The molecule has 24 heavy (non-hydrogen) atoms. The zero-order chi connectivity index (χ0) is 17.3. The van der Waals surface area contributed by atoms with Crippen LogP contribution in [-0.4, -0.2) is 22.9 Å². The predicted octanol–water partition coefficient (Wildman–Crippen LogP) is 3.34. The van der Waals surface area contributed by atoms with Gasteiger partial charge >= 0.3 is 0 Å². The molecule has 0 saturated heterocycles. The number of benzene rings is 2. The van der Waals surface area contributed by atoms with Crippen molar-refractivity contribution in [3.63, 3.8) is 0 Å². The third kappa shape index (κ3) is 2.89. The van der Waals surface area contributed by atoms with E-state index in [9.17, 15) is 14.9 Å². The summed E-state index contributed by atoms with van der Waals surface area (Å²) < 4.78 is 5.37. The third-order valence-electron chi connectivity index (χ3n) is 3.48. The van der Waals surface area contributed by atoms with Crippen molar-refractivity contribution in [2.24, 2.45) is 0 Å². The highest BCUT2D eigenvalue weighted by molar-refractivity contribution is 6.05. The van der Waals surface area contributed by atoms with Crippen LogP contribution in [0.25, 0.3) is 11.1 Å². The summed E-state index contributed by atoms with van der Waals surface area (Å²) in [7, 11) is 1.58. The molecule has 0 saturated carbocycles. The summed E-state index contributed by atoms with van der Waals surface area (Å²) in [5.74, 6) is 0.0899. The van der Waals surface area contributed by atoms with Gasteiger partial charge in [0.1, 0.15) is 11.2 Å². The summed E-state index contributed by atoms with van der Waals surface area (Å²) in [6.45, 7) is 1.74. The van der Waals surface area contributed by atoms with Crippen LogP contribution in [0.3, 0.4) is 0 Å². The number of rotatable bonds is 4. The van der Waals surface area contributed by atoms with Crippen molar-refractivity contribution in [1.29, 1.82) is 0 Å². The lowest BCUT2D eigenvalue weighted by atomic mass is 10.1. The molecule has 0 aliphatic heterocycles. The zero-order valence-corrected chi connectivity index (χ0v) is 13.0. The van der Waals surface area contributed by atoms with E-state index in [2.05, 4.69) is 15.6 Å². The number of aryl methyl sites for hydroxylation is 1. The quantitative estimate of drug-likeness (QED) is 0.562. The number of carbonyl (C=O) groups excluding carboxylic acids is 1. The van der Waals surface area contributed by atoms with E-state index in [-0.39, 0.29) is 11.3 Å². The second-order valence-electron chi connectivity index (χ2n) is 5.11. The van der Waals surface area contributed by atoms with Crippen LogP contribution in [0.2, 0.25) is 0 Å². The topological polar surface area (TPSA) is 110 Å². The Morgan fingerprint density at radius 1 is 1.25 bits per heavy atom. The van der Waals surface area contributed by atoms with E-state index in [0.717, 1.165) is 0 Å². The van der Waals surface area contributed by atoms with Gasteiger partial charge in [0, 0.05) is 31.3 Å². The first kappa shape index (κ1) is 15.5. The molecule has 0 aliphatic rings. The van der Waals surface area contributed by atoms with Gasteiger partial charge in [0.05, 0.1) is 4.92 Å². The molecule has 0 spiro atoms. The number of nitrogens with zero attached hydrogens (tertiary/aromatic N) is 2. The second-order valence-corrected chi connectivity index (χ2v) is 5.11. The van der Waals surface area contributed by atoms with Gasteiger partial charge in [-0.05, 0) is 30.3 Å². The highest BCUT2D eigenvalue weighted by atomic mass is 16.6. The molecule has 2 aromatic carbocycles. The van der Waals surface area contributed by atoms with Gasteiger partial charge in [-0.15, -0.1) is 0 Å². The highest BCUT2D eigenvalue weighted by Gasteiger charge is 2.17. The first-order valence-electron chi connectivity index (χ1n) is 7.12. The summed E-state index contributed by atoms with van der Waals surface area (Å²) in [5.41, 5.74) is 2.16. The van der Waals surface area contributed by atoms with E-state index >= 15 is 0 Å². The van der Waals surface area contributed by atoms with Crippen molar-refractivity contribution < 1.29 is 14.1 Å². The van der Waals surface area contributed by atoms with Gasteiger partial charge in [-0.25, -0.2) is 4.98 Å². The van der Waals surface area contributed by atoms with Crippen molar-refractivity contribution in [3.05, 3.63) is 58.0 Å². The minimum absolute atomic E-state index is 0.160. The fraction of sp³-hybridized carbons (Fsp3) is 0.125. The Bertz CT molecular complexity index is 948. The zero-order valence-electron chi connectivity index (χ0n) is 13.0. The van der Waals surface area contributed by atoms with E-state index < -0.39 is 10.8 Å². The van der Waals surface area contributed by atoms with Gasteiger partial charge in [0.15, 0.2) is 11.5 Å². The number of hydrogen-bond acceptors (Lipinski definition) is 6. The summed E-state index contributed by atoms with van der Waals surface area (Å²) >= 11 is 0. The third-order valence-corrected chi connectivity index (χ3v) is 3.48. The molecule has 0 unspecified atom stereocenters. The molecule has 2 N–H and O–H groups in total. The lowest BCUT2D eigenvalue weighted by Gasteiger charge is -2.07. The Kier molecular flexibility index (Phi) is 3.87. The molecule has 0 aliphatic carbocycles. The van der Waals surface area contributed by atoms with Crippen LogP contribution in [0.5, 0.6) is 0 Å². The van der Waals surface area contributed by atoms with Gasteiger partial charge in [-0.3, -0.25) is 14.9 Å². The van der Waals surface area contributed by atoms with Crippen LogP contribution in [0.1, 0.15) is 16.2 Å². The second kappa shape index (κ2) is 5.99. The van der Waals surface area contributed by atoms with E-state index in [1.54, 1.807) is 32.2 Å². The molecule has 1 aromatic heterocycles. The van der Waals surface area contributed by atoms with Crippen LogP contribution >= 0.6 is 0 Å². The molecule has 1 heterocycles. The van der Waals surface area contributed by atoms with Crippen LogP contribution < -0.4 is 10.6 Å². The van der Waals surface area contributed by atoms with Crippen molar-refractivity contribution in [1.82, 2.24) is 4.98 Å². The minimum atomic E-state index is -0.535. The Morgan fingerprint density at radius 2 is 2.04 bits per heavy atom. The molecule has 0 bridgehead atoms. The Balaban J connectivity index is 1.88. The molecular formula is C16H14N4O4. The average Bonchev–Trinajstić information content (AvgIpc) is 2.93. The molecule has 3 aromatic rings. The number of anilines is 2. The van der Waals surface area contributed by atoms with Crippen LogP contribution in [-0.2, 0) is 0 Å². The number of hydrogen-bond donors (Lipinski definition) is 2. The van der Waals surface area contributed by atoms with E-state index in [4.69, 9.17) is 4.42 Å². The van der Waals surface area contributed by atoms with Crippen molar-refractivity contribution in [2.75, 3.05) is 17.7 Å². The fourth-order valence-electron chi connectivity index (χ4n) is 2.36. The van der Waals surface area contributed by atoms with Crippen molar-refractivity contribution in [2.45, 2.75) is 6.92 Å². The van der Waals surface area contributed by atoms with Crippen molar-refractivity contribution in [3.8, 4) is 0 Å². The standard InChI is InChI=1S/C16H14N4O4/c1-9-18-13-8-11(4-6-15(13)24-9)19-16(21)10-3-5-12(17-2)14(7-10)20(22)23/h3-8,17H,1-2H3,(H,19,21). The van der Waals surface area contributed by atoms with Crippen molar-refractivity contribution >= 4 is 34.1 Å². The maximum Gasteiger partial charge on any atom is 0.293 e. The Labute approximate surface area is 136 Å². The van der Waals surface area contributed by atoms with Gasteiger partial charge in [0.25, 0.3) is 11.6 Å². The molecular weight excluding hydrogens is 312 g/mol. The minimum Gasteiger partial charge on any atom is -0.441 e. The molecule has 0 atom stereocenters. The Morgan fingerprint density at radius 3 is 2.75 bits per heavy atom. The maximum atomic E-state index is 12.3. The maximum absolute atomic E-state index is 12.3. The fourth-order valence-corrected chi connectivity index (χ4v) is 2.36. The summed E-state index contributed by atoms with van der Waals surface area (Å²) in [4.78, 5) is 27.1. The summed E-state index contributed by atoms with van der Waals surface area (Å²) in [5, 5.41) is 16.5. The van der Waals surface area contributed by atoms with Gasteiger partial charge in [-0.1, -0.05) is 0 Å². The van der Waals surface area contributed by atoms with Crippen LogP contribution in [0.4, 0.5) is 17.1 Å². The molecule has 3 rings (SSSR count). The lowest BCUT2D eigenvalue weighted by molar-refractivity contribution is -0.384. The van der Waals surface area contributed by atoms with Gasteiger partial charge in [-0.2, -0.15) is 0 Å². The summed E-state index contributed by atoms with van der Waals surface area (Å²) in [6.07, 6.45) is 0. The van der Waals surface area contributed by atoms with Gasteiger partial charge < -0.3 is 15.1 Å². The number of fused-ring (bicyclic) bond motifs is 1. The SMILES string of the molecule is CNc1ccc(C(=O)Nc2ccc3oc(C)nc3c2)cc1[N+](=O)[O-]. The van der Waals surface area contributed by atoms with E-state index in [1.807, 2.05) is 0 Å². The molecule has 1 amide bonds. The Hall–Kier alpha value is -3.42. The molecule has 122 valence electrons. The smallest absolute Gasteiger partial charge is 0.293 e. The molecule has 8 nitrogen and oxygen atoms in total. The lowest BCUT2D eigenvalue weighted by Crippen LogP contribution is -2.12. The highest BCUT2D eigenvalue weighted by Crippen LogP contribution is 2.26. The molecule has 8 heteroatoms. The van der Waals surface area contributed by atoms with Gasteiger partial charge in [0.2, 0.25) is 0 Å². The number of nitro benzene ring substituents is 1. The van der Waals surface area contributed by atoms with E-state index in [0.29, 0.717) is 28.4 Å². The number of amides is 1. The number of aromatic nitrogens is 1. The summed E-state index contributed by atoms with van der Waals surface area (Å²) in [6, 6.07) is 9.32. The number of nitro groups is 1. The van der Waals surface area contributed by atoms with Crippen LogP contribution in [0, 0.1) is 17.0 Å². The number of nitrogens with one attached hydrogen (secondary N) is 2.